The summed E-state index contributed by atoms with van der Waals surface area (Å²) in [4.78, 5) is 23.8. The molecule has 0 atom stereocenters. The summed E-state index contributed by atoms with van der Waals surface area (Å²) in [6.07, 6.45) is 2.39. The minimum Gasteiger partial charge on any atom is -0.352 e. The molecular weight excluding hydrogens is 452 g/mol. The van der Waals surface area contributed by atoms with Crippen LogP contribution in [0.2, 0.25) is 0 Å². The minimum absolute atomic E-state index is 0.0102. The van der Waals surface area contributed by atoms with Crippen LogP contribution < -0.4 is 10.6 Å². The second kappa shape index (κ2) is 9.56. The first-order chi connectivity index (χ1) is 15.7. The summed E-state index contributed by atoms with van der Waals surface area (Å²) in [5.41, 5.74) is 1.51. The van der Waals surface area contributed by atoms with Crippen molar-refractivity contribution in [3.8, 4) is 0 Å². The van der Waals surface area contributed by atoms with Crippen molar-refractivity contribution in [3.63, 3.8) is 0 Å². The zero-order valence-corrected chi connectivity index (χ0v) is 18.7. The fraction of sp³-hybridized carbons (Fsp3) is 0.391. The molecule has 2 aliphatic rings. The maximum absolute atomic E-state index is 14.0. The van der Waals surface area contributed by atoms with Gasteiger partial charge in [0.05, 0.1) is 0 Å². The molecule has 0 aromatic heterocycles. The van der Waals surface area contributed by atoms with Crippen molar-refractivity contribution in [2.45, 2.75) is 37.1 Å². The third-order valence-electron chi connectivity index (χ3n) is 5.95. The van der Waals surface area contributed by atoms with E-state index in [1.807, 2.05) is 12.1 Å². The van der Waals surface area contributed by atoms with Crippen LogP contribution in [0.1, 0.15) is 31.2 Å². The number of sulfonamides is 1. The van der Waals surface area contributed by atoms with Gasteiger partial charge in [0, 0.05) is 37.2 Å². The Hall–Kier alpha value is -2.85. The van der Waals surface area contributed by atoms with Crippen molar-refractivity contribution in [3.05, 3.63) is 59.7 Å². The third kappa shape index (κ3) is 5.56. The summed E-state index contributed by atoms with van der Waals surface area (Å²) in [7, 11) is -4.18. The van der Waals surface area contributed by atoms with Gasteiger partial charge in [-0.05, 0) is 61.6 Å². The molecule has 2 aromatic carbocycles. The number of benzene rings is 2. The van der Waals surface area contributed by atoms with Crippen LogP contribution in [0.25, 0.3) is 0 Å². The summed E-state index contributed by atoms with van der Waals surface area (Å²) in [5.74, 6) is -2.31. The number of anilines is 1. The van der Waals surface area contributed by atoms with Crippen LogP contribution in [-0.4, -0.2) is 37.6 Å². The Morgan fingerprint density at radius 1 is 0.939 bits per heavy atom. The van der Waals surface area contributed by atoms with Gasteiger partial charge in [0.2, 0.25) is 21.8 Å². The number of nitrogens with zero attached hydrogens (tertiary/aromatic N) is 1. The molecule has 7 nitrogen and oxygen atoms in total. The van der Waals surface area contributed by atoms with E-state index < -0.39 is 26.6 Å². The Labute approximate surface area is 191 Å². The zero-order chi connectivity index (χ0) is 23.6. The standard InChI is InChI=1S/C23H25F2N3O4S/c24-18-6-7-20(25)21(13-18)33(31,32)28-10-8-17(9-11-28)22(29)26-14-15-2-1-3-19(12-15)27-23(30)16-4-5-16/h1-3,6-7,12-13,16-17H,4-5,8-11,14H2,(H,26,29)(H,27,30). The van der Waals surface area contributed by atoms with Crippen LogP contribution in [0.4, 0.5) is 14.5 Å². The molecule has 2 N–H and O–H groups in total. The largest absolute Gasteiger partial charge is 0.352 e. The monoisotopic (exact) mass is 477 g/mol. The molecule has 1 heterocycles. The highest BCUT2D eigenvalue weighted by Gasteiger charge is 2.34. The van der Waals surface area contributed by atoms with Crippen LogP contribution in [0.5, 0.6) is 0 Å². The molecular formula is C23H25F2N3O4S. The Morgan fingerprint density at radius 2 is 1.64 bits per heavy atom. The van der Waals surface area contributed by atoms with Gasteiger partial charge < -0.3 is 10.6 Å². The zero-order valence-electron chi connectivity index (χ0n) is 17.9. The number of hydrogen-bond acceptors (Lipinski definition) is 4. The van der Waals surface area contributed by atoms with Crippen molar-refractivity contribution in [1.29, 1.82) is 0 Å². The number of amides is 2. The second-order valence-electron chi connectivity index (χ2n) is 8.43. The molecule has 1 saturated carbocycles. The fourth-order valence-electron chi connectivity index (χ4n) is 3.85. The molecule has 1 aliphatic carbocycles. The van der Waals surface area contributed by atoms with E-state index in [-0.39, 0.29) is 56.1 Å². The van der Waals surface area contributed by atoms with E-state index in [2.05, 4.69) is 10.6 Å². The number of rotatable bonds is 7. The van der Waals surface area contributed by atoms with Crippen molar-refractivity contribution in [1.82, 2.24) is 9.62 Å². The lowest BCUT2D eigenvalue weighted by Crippen LogP contribution is -2.43. The first-order valence-electron chi connectivity index (χ1n) is 10.9. The fourth-order valence-corrected chi connectivity index (χ4v) is 5.40. The number of carbonyl (C=O) groups excluding carboxylic acids is 2. The van der Waals surface area contributed by atoms with Crippen LogP contribution in [0.3, 0.4) is 0 Å². The van der Waals surface area contributed by atoms with Gasteiger partial charge >= 0.3 is 0 Å². The van der Waals surface area contributed by atoms with Gasteiger partial charge in [-0.15, -0.1) is 0 Å². The van der Waals surface area contributed by atoms with Crippen molar-refractivity contribution < 1.29 is 26.8 Å². The smallest absolute Gasteiger partial charge is 0.246 e. The quantitative estimate of drug-likeness (QED) is 0.641. The molecule has 4 rings (SSSR count). The van der Waals surface area contributed by atoms with Gasteiger partial charge in [-0.25, -0.2) is 17.2 Å². The van der Waals surface area contributed by atoms with E-state index in [4.69, 9.17) is 0 Å². The first-order valence-corrected chi connectivity index (χ1v) is 12.3. The molecule has 1 aliphatic heterocycles. The van der Waals surface area contributed by atoms with Crippen molar-refractivity contribution in [2.24, 2.45) is 11.8 Å². The summed E-state index contributed by atoms with van der Waals surface area (Å²) in [6, 6.07) is 9.57. The van der Waals surface area contributed by atoms with Gasteiger partial charge in [-0.1, -0.05) is 12.1 Å². The molecule has 2 fully saturated rings. The molecule has 176 valence electrons. The Kier molecular flexibility index (Phi) is 6.76. The predicted molar refractivity (Wildman–Crippen MR) is 117 cm³/mol. The minimum atomic E-state index is -4.18. The maximum Gasteiger partial charge on any atom is 0.246 e. The number of halogens is 2. The molecule has 33 heavy (non-hydrogen) atoms. The molecule has 0 bridgehead atoms. The SMILES string of the molecule is O=C(NCc1cccc(NC(=O)C2CC2)c1)C1CCN(S(=O)(=O)c2cc(F)ccc2F)CC1. The predicted octanol–water partition coefficient (Wildman–Crippen LogP) is 3.03. The van der Waals surface area contributed by atoms with E-state index in [1.165, 1.54) is 0 Å². The van der Waals surface area contributed by atoms with Crippen LogP contribution in [-0.2, 0) is 26.2 Å². The Bertz CT molecular complexity index is 1160. The molecule has 0 radical (unpaired) electrons. The number of hydrogen-bond donors (Lipinski definition) is 2. The lowest BCUT2D eigenvalue weighted by molar-refractivity contribution is -0.126. The average Bonchev–Trinajstić information content (AvgIpc) is 3.65. The van der Waals surface area contributed by atoms with E-state index >= 15 is 0 Å². The molecule has 10 heteroatoms. The number of piperidine rings is 1. The van der Waals surface area contributed by atoms with E-state index in [0.29, 0.717) is 11.8 Å². The topological polar surface area (TPSA) is 95.6 Å². The average molecular weight is 478 g/mol. The molecule has 2 aromatic rings. The highest BCUT2D eigenvalue weighted by Crippen LogP contribution is 2.30. The van der Waals surface area contributed by atoms with Crippen LogP contribution in [0.15, 0.2) is 47.4 Å². The van der Waals surface area contributed by atoms with Crippen molar-refractivity contribution >= 4 is 27.5 Å². The Balaban J connectivity index is 1.30. The lowest BCUT2D eigenvalue weighted by atomic mass is 9.97. The third-order valence-corrected chi connectivity index (χ3v) is 7.86. The lowest BCUT2D eigenvalue weighted by Gasteiger charge is -2.30. The number of carbonyl (C=O) groups is 2. The first kappa shape index (κ1) is 23.3. The molecule has 2 amide bonds. The summed E-state index contributed by atoms with van der Waals surface area (Å²) < 4.78 is 53.9. The van der Waals surface area contributed by atoms with Gasteiger partial charge in [0.1, 0.15) is 16.5 Å². The van der Waals surface area contributed by atoms with Gasteiger partial charge in [0.25, 0.3) is 0 Å². The number of nitrogens with one attached hydrogen (secondary N) is 2. The van der Waals surface area contributed by atoms with E-state index in [0.717, 1.165) is 34.8 Å². The highest BCUT2D eigenvalue weighted by molar-refractivity contribution is 7.89. The normalized spacial score (nSPS) is 17.5. The van der Waals surface area contributed by atoms with Crippen LogP contribution >= 0.6 is 0 Å². The van der Waals surface area contributed by atoms with E-state index in [9.17, 15) is 26.8 Å². The van der Waals surface area contributed by atoms with Gasteiger partial charge in [-0.3, -0.25) is 9.59 Å². The van der Waals surface area contributed by atoms with E-state index in [1.54, 1.807) is 12.1 Å². The van der Waals surface area contributed by atoms with Gasteiger partial charge in [-0.2, -0.15) is 4.31 Å². The highest BCUT2D eigenvalue weighted by atomic mass is 32.2. The summed E-state index contributed by atoms with van der Waals surface area (Å²) in [5, 5.41) is 5.73. The Morgan fingerprint density at radius 3 is 2.33 bits per heavy atom. The molecule has 0 unspecified atom stereocenters. The summed E-state index contributed by atoms with van der Waals surface area (Å²) in [6.45, 7) is 0.358. The van der Waals surface area contributed by atoms with Crippen molar-refractivity contribution in [2.75, 3.05) is 18.4 Å². The van der Waals surface area contributed by atoms with Crippen LogP contribution in [0, 0.1) is 23.5 Å². The summed E-state index contributed by atoms with van der Waals surface area (Å²) >= 11 is 0. The molecule has 0 spiro atoms. The van der Waals surface area contributed by atoms with Gasteiger partial charge in [0.15, 0.2) is 0 Å². The molecule has 1 saturated heterocycles. The maximum atomic E-state index is 14.0. The second-order valence-corrected chi connectivity index (χ2v) is 10.3.